The van der Waals surface area contributed by atoms with Crippen LogP contribution in [-0.4, -0.2) is 17.3 Å². The first-order valence-electron chi connectivity index (χ1n) is 7.36. The second kappa shape index (κ2) is 5.94. The Bertz CT molecular complexity index is 754. The van der Waals surface area contributed by atoms with Crippen molar-refractivity contribution in [2.45, 2.75) is 25.7 Å². The number of nitrogens with one attached hydrogen (secondary N) is 2. The van der Waals surface area contributed by atoms with Gasteiger partial charge in [-0.25, -0.2) is 0 Å². The molecule has 0 amide bonds. The highest BCUT2D eigenvalue weighted by molar-refractivity contribution is 5.65. The molecule has 1 unspecified atom stereocenters. The van der Waals surface area contributed by atoms with E-state index in [9.17, 15) is 5.26 Å². The Labute approximate surface area is 129 Å². The lowest BCUT2D eigenvalue weighted by molar-refractivity contribution is 0.409. The SMILES string of the molecule is CCCC1=C(C#N)C(c2ccccc2OC)c2c[nH]nc2N1. The smallest absolute Gasteiger partial charge is 0.156 e. The van der Waals surface area contributed by atoms with Crippen molar-refractivity contribution < 1.29 is 4.74 Å². The van der Waals surface area contributed by atoms with Gasteiger partial charge < -0.3 is 10.1 Å². The summed E-state index contributed by atoms with van der Waals surface area (Å²) < 4.78 is 5.50. The number of H-pyrrole nitrogens is 1. The van der Waals surface area contributed by atoms with E-state index in [1.54, 1.807) is 7.11 Å². The number of allylic oxidation sites excluding steroid dienone is 2. The summed E-state index contributed by atoms with van der Waals surface area (Å²) in [4.78, 5) is 0. The van der Waals surface area contributed by atoms with Gasteiger partial charge in [-0.2, -0.15) is 10.4 Å². The molecular formula is C17H18N4O. The van der Waals surface area contributed by atoms with Crippen molar-refractivity contribution in [2.24, 2.45) is 0 Å². The summed E-state index contributed by atoms with van der Waals surface area (Å²) >= 11 is 0. The molecule has 0 radical (unpaired) electrons. The number of rotatable bonds is 4. The minimum absolute atomic E-state index is 0.155. The van der Waals surface area contributed by atoms with E-state index in [0.717, 1.165) is 46.8 Å². The predicted molar refractivity (Wildman–Crippen MR) is 84.6 cm³/mol. The lowest BCUT2D eigenvalue weighted by atomic mass is 9.82. The molecule has 5 heteroatoms. The largest absolute Gasteiger partial charge is 0.496 e. The summed E-state index contributed by atoms with van der Waals surface area (Å²) in [6, 6.07) is 10.2. The number of ether oxygens (including phenoxy) is 1. The summed E-state index contributed by atoms with van der Waals surface area (Å²) in [5.41, 5.74) is 3.64. The molecule has 2 heterocycles. The Kier molecular flexibility index (Phi) is 3.84. The highest BCUT2D eigenvalue weighted by Gasteiger charge is 2.32. The molecule has 0 fully saturated rings. The number of nitrogens with zero attached hydrogens (tertiary/aromatic N) is 2. The maximum atomic E-state index is 9.73. The Morgan fingerprint density at radius 1 is 1.32 bits per heavy atom. The maximum absolute atomic E-state index is 9.73. The minimum Gasteiger partial charge on any atom is -0.496 e. The van der Waals surface area contributed by atoms with Gasteiger partial charge in [0.15, 0.2) is 5.82 Å². The van der Waals surface area contributed by atoms with Gasteiger partial charge in [0.2, 0.25) is 0 Å². The standard InChI is InChI=1S/C17H18N4O/c1-3-6-14-12(9-18)16(13-10-19-21-17(13)20-14)11-7-4-5-8-15(11)22-2/h4-5,7-8,10,16H,3,6H2,1-2H3,(H2,19,20,21). The molecule has 2 N–H and O–H groups in total. The molecule has 0 aliphatic carbocycles. The van der Waals surface area contributed by atoms with Gasteiger partial charge in [-0.05, 0) is 12.5 Å². The third kappa shape index (κ3) is 2.23. The number of aromatic nitrogens is 2. The number of para-hydroxylation sites is 1. The molecule has 22 heavy (non-hydrogen) atoms. The first kappa shape index (κ1) is 14.2. The summed E-state index contributed by atoms with van der Waals surface area (Å²) in [6.45, 7) is 2.10. The number of hydrogen-bond acceptors (Lipinski definition) is 4. The third-order valence-corrected chi connectivity index (χ3v) is 3.93. The number of anilines is 1. The van der Waals surface area contributed by atoms with Gasteiger partial charge in [0.05, 0.1) is 24.7 Å². The van der Waals surface area contributed by atoms with Crippen LogP contribution in [0.2, 0.25) is 0 Å². The first-order chi connectivity index (χ1) is 10.8. The molecule has 112 valence electrons. The van der Waals surface area contributed by atoms with E-state index in [0.29, 0.717) is 0 Å². The molecule has 1 atom stereocenters. The predicted octanol–water partition coefficient (Wildman–Crippen LogP) is 3.55. The molecule has 0 saturated carbocycles. The molecule has 1 aliphatic heterocycles. The molecule has 1 aromatic carbocycles. The zero-order valence-electron chi connectivity index (χ0n) is 12.7. The van der Waals surface area contributed by atoms with Gasteiger partial charge in [-0.1, -0.05) is 31.5 Å². The molecule has 2 aromatic rings. The Hall–Kier alpha value is -2.74. The van der Waals surface area contributed by atoms with Crippen LogP contribution in [0.5, 0.6) is 5.75 Å². The van der Waals surface area contributed by atoms with Crippen molar-refractivity contribution in [3.05, 3.63) is 52.9 Å². The van der Waals surface area contributed by atoms with Crippen molar-refractivity contribution in [1.29, 1.82) is 5.26 Å². The summed E-state index contributed by atoms with van der Waals surface area (Å²) in [5.74, 6) is 1.42. The molecular weight excluding hydrogens is 276 g/mol. The summed E-state index contributed by atoms with van der Waals surface area (Å²) in [5, 5.41) is 20.2. The highest BCUT2D eigenvalue weighted by Crippen LogP contribution is 2.44. The van der Waals surface area contributed by atoms with Crippen molar-refractivity contribution in [2.75, 3.05) is 12.4 Å². The second-order valence-corrected chi connectivity index (χ2v) is 5.24. The van der Waals surface area contributed by atoms with Gasteiger partial charge in [-0.3, -0.25) is 5.10 Å². The Balaban J connectivity index is 2.20. The van der Waals surface area contributed by atoms with Crippen LogP contribution in [0.3, 0.4) is 0 Å². The molecule has 0 spiro atoms. The highest BCUT2D eigenvalue weighted by atomic mass is 16.5. The molecule has 0 bridgehead atoms. The molecule has 5 nitrogen and oxygen atoms in total. The topological polar surface area (TPSA) is 73.7 Å². The van der Waals surface area contributed by atoms with Crippen LogP contribution in [0.25, 0.3) is 0 Å². The van der Waals surface area contributed by atoms with Crippen molar-refractivity contribution in [3.63, 3.8) is 0 Å². The average molecular weight is 294 g/mol. The van der Waals surface area contributed by atoms with Gasteiger partial charge in [0.25, 0.3) is 0 Å². The normalized spacial score (nSPS) is 16.7. The van der Waals surface area contributed by atoms with Crippen molar-refractivity contribution in [3.8, 4) is 11.8 Å². The molecule has 0 saturated heterocycles. The van der Waals surface area contributed by atoms with Crippen molar-refractivity contribution in [1.82, 2.24) is 10.2 Å². The fourth-order valence-corrected chi connectivity index (χ4v) is 2.97. The summed E-state index contributed by atoms with van der Waals surface area (Å²) in [7, 11) is 1.65. The van der Waals surface area contributed by atoms with Crippen LogP contribution in [0.15, 0.2) is 41.7 Å². The van der Waals surface area contributed by atoms with Crippen LogP contribution in [0.4, 0.5) is 5.82 Å². The third-order valence-electron chi connectivity index (χ3n) is 3.93. The molecule has 3 rings (SSSR count). The molecule has 1 aliphatic rings. The fourth-order valence-electron chi connectivity index (χ4n) is 2.97. The van der Waals surface area contributed by atoms with Crippen LogP contribution in [-0.2, 0) is 0 Å². The zero-order valence-corrected chi connectivity index (χ0v) is 12.7. The monoisotopic (exact) mass is 294 g/mol. The quantitative estimate of drug-likeness (QED) is 0.904. The fraction of sp³-hybridized carbons (Fsp3) is 0.294. The van der Waals surface area contributed by atoms with E-state index < -0.39 is 0 Å². The second-order valence-electron chi connectivity index (χ2n) is 5.24. The van der Waals surface area contributed by atoms with E-state index in [1.165, 1.54) is 0 Å². The van der Waals surface area contributed by atoms with Gasteiger partial charge in [-0.15, -0.1) is 0 Å². The number of aromatic amines is 1. The Morgan fingerprint density at radius 3 is 2.86 bits per heavy atom. The van der Waals surface area contributed by atoms with Crippen LogP contribution in [0, 0.1) is 11.3 Å². The van der Waals surface area contributed by atoms with E-state index in [4.69, 9.17) is 4.74 Å². The van der Waals surface area contributed by atoms with Gasteiger partial charge in [0, 0.05) is 23.0 Å². The number of benzene rings is 1. The first-order valence-corrected chi connectivity index (χ1v) is 7.36. The van der Waals surface area contributed by atoms with E-state index in [2.05, 4.69) is 28.5 Å². The summed E-state index contributed by atoms with van der Waals surface area (Å²) in [6.07, 6.45) is 3.63. The van der Waals surface area contributed by atoms with Crippen molar-refractivity contribution >= 4 is 5.82 Å². The van der Waals surface area contributed by atoms with Gasteiger partial charge >= 0.3 is 0 Å². The van der Waals surface area contributed by atoms with E-state index in [-0.39, 0.29) is 5.92 Å². The minimum atomic E-state index is -0.155. The van der Waals surface area contributed by atoms with Crippen LogP contribution in [0.1, 0.15) is 36.8 Å². The van der Waals surface area contributed by atoms with E-state index in [1.807, 2.05) is 30.5 Å². The number of nitriles is 1. The lowest BCUT2D eigenvalue weighted by Crippen LogP contribution is -2.18. The number of methoxy groups -OCH3 is 1. The van der Waals surface area contributed by atoms with E-state index >= 15 is 0 Å². The Morgan fingerprint density at radius 2 is 2.14 bits per heavy atom. The number of fused-ring (bicyclic) bond motifs is 1. The number of hydrogen-bond donors (Lipinski definition) is 2. The van der Waals surface area contributed by atoms with Gasteiger partial charge in [0.1, 0.15) is 5.75 Å². The lowest BCUT2D eigenvalue weighted by Gasteiger charge is -2.27. The van der Waals surface area contributed by atoms with Crippen LogP contribution >= 0.6 is 0 Å². The average Bonchev–Trinajstić information content (AvgIpc) is 3.01. The zero-order chi connectivity index (χ0) is 15.5. The van der Waals surface area contributed by atoms with Crippen LogP contribution < -0.4 is 10.1 Å². The molecule has 1 aromatic heterocycles. The maximum Gasteiger partial charge on any atom is 0.156 e.